The van der Waals surface area contributed by atoms with Crippen molar-refractivity contribution in [3.63, 3.8) is 0 Å². The molecule has 0 unspecified atom stereocenters. The van der Waals surface area contributed by atoms with Crippen LogP contribution in [0.5, 0.6) is 0 Å². The molecule has 2 aromatic rings. The summed E-state index contributed by atoms with van der Waals surface area (Å²) in [4.78, 5) is 14.4. The number of nitrogens with zero attached hydrogens (tertiary/aromatic N) is 4. The first-order chi connectivity index (χ1) is 7.70. The Bertz CT molecular complexity index is 370. The Hall–Kier alpha value is -2.06. The molecule has 0 aliphatic heterocycles. The second-order valence-electron chi connectivity index (χ2n) is 2.65. The van der Waals surface area contributed by atoms with Crippen molar-refractivity contribution in [2.45, 2.75) is 0 Å². The minimum atomic E-state index is -1.53. The van der Waals surface area contributed by atoms with Gasteiger partial charge in [-0.3, -0.25) is 0 Å². The van der Waals surface area contributed by atoms with Crippen LogP contribution in [-0.4, -0.2) is 37.1 Å². The fraction of sp³-hybridized carbons (Fsp3) is 0. The molecule has 0 amide bonds. The van der Waals surface area contributed by atoms with Gasteiger partial charge in [-0.25, -0.2) is 19.9 Å². The Morgan fingerprint density at radius 1 is 1.06 bits per heavy atom. The molecular weight excluding hydrogens is 209 g/mol. The molecule has 2 rings (SSSR count). The molecule has 0 fully saturated rings. The third kappa shape index (κ3) is 4.44. The van der Waals surface area contributed by atoms with Gasteiger partial charge in [0.1, 0.15) is 6.33 Å². The van der Waals surface area contributed by atoms with E-state index < -0.39 is 7.12 Å². The van der Waals surface area contributed by atoms with Gasteiger partial charge >= 0.3 is 7.12 Å². The lowest BCUT2D eigenvalue weighted by atomic mass is 9.83. The van der Waals surface area contributed by atoms with Crippen LogP contribution in [0.15, 0.2) is 37.2 Å². The molecule has 4 N–H and O–H groups in total. The molecule has 16 heavy (non-hydrogen) atoms. The number of nitrogen functional groups attached to an aromatic ring is 1. The zero-order valence-corrected chi connectivity index (χ0v) is 8.30. The SMILES string of the molecule is Nc1ncc(B(O)O)cn1.c1cncnc1. The summed E-state index contributed by atoms with van der Waals surface area (Å²) in [5, 5.41) is 17.1. The Balaban J connectivity index is 0.000000181. The van der Waals surface area contributed by atoms with E-state index in [2.05, 4.69) is 19.9 Å². The van der Waals surface area contributed by atoms with E-state index >= 15 is 0 Å². The number of anilines is 1. The molecular formula is C8H10BN5O2. The van der Waals surface area contributed by atoms with Crippen LogP contribution < -0.4 is 11.2 Å². The zero-order valence-electron chi connectivity index (χ0n) is 8.30. The molecule has 0 spiro atoms. The summed E-state index contributed by atoms with van der Waals surface area (Å²) in [5.41, 5.74) is 5.37. The van der Waals surface area contributed by atoms with E-state index in [1.54, 1.807) is 18.5 Å². The fourth-order valence-corrected chi connectivity index (χ4v) is 0.735. The molecule has 0 saturated heterocycles. The van der Waals surface area contributed by atoms with Crippen LogP contribution >= 0.6 is 0 Å². The van der Waals surface area contributed by atoms with Crippen molar-refractivity contribution in [3.8, 4) is 0 Å². The van der Waals surface area contributed by atoms with Crippen LogP contribution in [0.4, 0.5) is 5.95 Å². The minimum Gasteiger partial charge on any atom is -0.423 e. The highest BCUT2D eigenvalue weighted by atomic mass is 16.4. The van der Waals surface area contributed by atoms with E-state index in [0.29, 0.717) is 0 Å². The van der Waals surface area contributed by atoms with E-state index in [-0.39, 0.29) is 11.4 Å². The summed E-state index contributed by atoms with van der Waals surface area (Å²) < 4.78 is 0. The van der Waals surface area contributed by atoms with Gasteiger partial charge in [0.2, 0.25) is 5.95 Å². The molecule has 0 bridgehead atoms. The Morgan fingerprint density at radius 2 is 1.62 bits per heavy atom. The largest absolute Gasteiger partial charge is 0.491 e. The van der Waals surface area contributed by atoms with Crippen molar-refractivity contribution in [2.24, 2.45) is 0 Å². The lowest BCUT2D eigenvalue weighted by Gasteiger charge is -1.95. The maximum absolute atomic E-state index is 8.55. The van der Waals surface area contributed by atoms with Crippen molar-refractivity contribution in [1.82, 2.24) is 19.9 Å². The fourth-order valence-electron chi connectivity index (χ4n) is 0.735. The highest BCUT2D eigenvalue weighted by molar-refractivity contribution is 6.58. The van der Waals surface area contributed by atoms with Crippen LogP contribution in [0.2, 0.25) is 0 Å². The Kier molecular flexibility index (Phi) is 4.83. The van der Waals surface area contributed by atoms with Crippen LogP contribution in [0, 0.1) is 0 Å². The van der Waals surface area contributed by atoms with Crippen LogP contribution in [0.3, 0.4) is 0 Å². The van der Waals surface area contributed by atoms with Crippen molar-refractivity contribution < 1.29 is 10.0 Å². The lowest BCUT2D eigenvalue weighted by Crippen LogP contribution is -2.30. The minimum absolute atomic E-state index is 0.115. The third-order valence-electron chi connectivity index (χ3n) is 1.47. The van der Waals surface area contributed by atoms with Crippen molar-refractivity contribution in [1.29, 1.82) is 0 Å². The van der Waals surface area contributed by atoms with Gasteiger partial charge in [0.15, 0.2) is 0 Å². The first-order valence-corrected chi connectivity index (χ1v) is 4.33. The van der Waals surface area contributed by atoms with E-state index in [1.807, 2.05) is 0 Å². The first kappa shape index (κ1) is 12.0. The van der Waals surface area contributed by atoms with E-state index in [1.165, 1.54) is 18.7 Å². The summed E-state index contributed by atoms with van der Waals surface area (Å²) in [6.45, 7) is 0. The topological polar surface area (TPSA) is 118 Å². The zero-order chi connectivity index (χ0) is 11.8. The monoisotopic (exact) mass is 219 g/mol. The van der Waals surface area contributed by atoms with Crippen LogP contribution in [0.25, 0.3) is 0 Å². The smallest absolute Gasteiger partial charge is 0.423 e. The van der Waals surface area contributed by atoms with Crippen LogP contribution in [0.1, 0.15) is 0 Å². The van der Waals surface area contributed by atoms with Gasteiger partial charge < -0.3 is 15.8 Å². The molecule has 0 saturated carbocycles. The Labute approximate surface area is 92.2 Å². The molecule has 0 atom stereocenters. The summed E-state index contributed by atoms with van der Waals surface area (Å²) in [6.07, 6.45) is 7.39. The molecule has 2 aromatic heterocycles. The lowest BCUT2D eigenvalue weighted by molar-refractivity contribution is 0.425. The van der Waals surface area contributed by atoms with Gasteiger partial charge in [-0.2, -0.15) is 0 Å². The van der Waals surface area contributed by atoms with Crippen molar-refractivity contribution >= 4 is 18.5 Å². The first-order valence-electron chi connectivity index (χ1n) is 4.33. The molecule has 2 heterocycles. The van der Waals surface area contributed by atoms with Gasteiger partial charge in [-0.05, 0) is 6.07 Å². The summed E-state index contributed by atoms with van der Waals surface area (Å²) in [7, 11) is -1.53. The summed E-state index contributed by atoms with van der Waals surface area (Å²) in [5.74, 6) is 0.115. The van der Waals surface area contributed by atoms with Gasteiger partial charge in [0, 0.05) is 30.3 Å². The number of aromatic nitrogens is 4. The normalized spacial score (nSPS) is 8.88. The standard InChI is InChI=1S/C4H6BN3O2.C4H4N2/c6-4-7-1-3(2-8-4)5(9)10;1-2-5-4-6-3-1/h1-2,9-10H,(H2,6,7,8);1-4H. The molecule has 0 aromatic carbocycles. The quantitative estimate of drug-likeness (QED) is 0.485. The predicted octanol–water partition coefficient (Wildman–Crippen LogP) is -1.78. The number of rotatable bonds is 1. The third-order valence-corrected chi connectivity index (χ3v) is 1.47. The molecule has 0 aliphatic rings. The average Bonchev–Trinajstić information content (AvgIpc) is 2.32. The van der Waals surface area contributed by atoms with E-state index in [0.717, 1.165) is 0 Å². The number of hydrogen-bond acceptors (Lipinski definition) is 7. The average molecular weight is 219 g/mol. The molecule has 8 heteroatoms. The van der Waals surface area contributed by atoms with E-state index in [9.17, 15) is 0 Å². The highest BCUT2D eigenvalue weighted by Crippen LogP contribution is 1.83. The van der Waals surface area contributed by atoms with Crippen molar-refractivity contribution in [2.75, 3.05) is 5.73 Å². The van der Waals surface area contributed by atoms with E-state index in [4.69, 9.17) is 15.8 Å². The van der Waals surface area contributed by atoms with Crippen LogP contribution in [-0.2, 0) is 0 Å². The van der Waals surface area contributed by atoms with Gasteiger partial charge in [0.25, 0.3) is 0 Å². The molecule has 7 nitrogen and oxygen atoms in total. The van der Waals surface area contributed by atoms with Gasteiger partial charge in [0.05, 0.1) is 0 Å². The summed E-state index contributed by atoms with van der Waals surface area (Å²) >= 11 is 0. The molecule has 82 valence electrons. The van der Waals surface area contributed by atoms with Gasteiger partial charge in [-0.1, -0.05) is 0 Å². The van der Waals surface area contributed by atoms with Gasteiger partial charge in [-0.15, -0.1) is 0 Å². The second-order valence-corrected chi connectivity index (χ2v) is 2.65. The highest BCUT2D eigenvalue weighted by Gasteiger charge is 2.10. The predicted molar refractivity (Wildman–Crippen MR) is 58.3 cm³/mol. The molecule has 0 radical (unpaired) electrons. The maximum Gasteiger partial charge on any atom is 0.491 e. The molecule has 0 aliphatic carbocycles. The second kappa shape index (κ2) is 6.43. The van der Waals surface area contributed by atoms with Crippen molar-refractivity contribution in [3.05, 3.63) is 37.2 Å². The maximum atomic E-state index is 8.55. The Morgan fingerprint density at radius 3 is 1.94 bits per heavy atom. The number of hydrogen-bond donors (Lipinski definition) is 3. The number of nitrogens with two attached hydrogens (primary N) is 1. The summed E-state index contributed by atoms with van der Waals surface area (Å²) in [6, 6.07) is 1.78.